The van der Waals surface area contributed by atoms with E-state index < -0.39 is 11.6 Å². The first-order chi connectivity index (χ1) is 9.81. The lowest BCUT2D eigenvalue weighted by atomic mass is 10.1. The van der Waals surface area contributed by atoms with Crippen LogP contribution in [0.15, 0.2) is 16.6 Å². The molecule has 0 atom stereocenters. The molecule has 112 valence electrons. The summed E-state index contributed by atoms with van der Waals surface area (Å²) in [6.45, 7) is 4.14. The van der Waals surface area contributed by atoms with Gasteiger partial charge in [-0.1, -0.05) is 25.4 Å². The lowest BCUT2D eigenvalue weighted by molar-refractivity contribution is 0.504. The molecule has 0 aliphatic heterocycles. The van der Waals surface area contributed by atoms with E-state index in [9.17, 15) is 8.78 Å². The molecule has 0 saturated carbocycles. The molecule has 1 aromatic heterocycles. The van der Waals surface area contributed by atoms with Gasteiger partial charge in [0.1, 0.15) is 5.15 Å². The highest BCUT2D eigenvalue weighted by Gasteiger charge is 2.18. The highest BCUT2D eigenvalue weighted by Crippen LogP contribution is 2.32. The van der Waals surface area contributed by atoms with Crippen LogP contribution in [0.3, 0.4) is 0 Å². The van der Waals surface area contributed by atoms with Crippen LogP contribution in [0.25, 0.3) is 11.4 Å². The Morgan fingerprint density at radius 1 is 1.29 bits per heavy atom. The number of halogens is 5. The topological polar surface area (TPSA) is 25.8 Å². The molecule has 1 aromatic carbocycles. The maximum Gasteiger partial charge on any atom is 0.173 e. The monoisotopic (exact) mass is 486 g/mol. The Morgan fingerprint density at radius 3 is 2.57 bits per heavy atom. The second kappa shape index (κ2) is 6.83. The van der Waals surface area contributed by atoms with Gasteiger partial charge in [0.15, 0.2) is 17.5 Å². The largest absolute Gasteiger partial charge is 0.232 e. The van der Waals surface area contributed by atoms with Crippen molar-refractivity contribution in [1.82, 2.24) is 9.97 Å². The lowest BCUT2D eigenvalue weighted by Crippen LogP contribution is -2.05. The zero-order chi connectivity index (χ0) is 15.7. The van der Waals surface area contributed by atoms with Crippen molar-refractivity contribution in [2.24, 2.45) is 5.92 Å². The average molecular weight is 488 g/mol. The maximum atomic E-state index is 13.7. The van der Waals surface area contributed by atoms with E-state index in [-0.39, 0.29) is 10.3 Å². The number of hydrogen-bond donors (Lipinski definition) is 0. The van der Waals surface area contributed by atoms with Gasteiger partial charge in [0.25, 0.3) is 0 Å². The molecule has 2 rings (SSSR count). The highest BCUT2D eigenvalue weighted by atomic mass is 127. The van der Waals surface area contributed by atoms with E-state index in [2.05, 4.69) is 62.3 Å². The van der Waals surface area contributed by atoms with Crippen molar-refractivity contribution in [1.29, 1.82) is 0 Å². The van der Waals surface area contributed by atoms with Gasteiger partial charge < -0.3 is 0 Å². The number of nitrogens with zero attached hydrogens (tertiary/aromatic N) is 2. The molecule has 0 amide bonds. The smallest absolute Gasteiger partial charge is 0.173 e. The van der Waals surface area contributed by atoms with Crippen LogP contribution in [0, 0.1) is 21.1 Å². The summed E-state index contributed by atoms with van der Waals surface area (Å²) in [5.74, 6) is -1.21. The zero-order valence-electron chi connectivity index (χ0n) is 11.2. The van der Waals surface area contributed by atoms with Crippen molar-refractivity contribution in [2.45, 2.75) is 20.3 Å². The van der Waals surface area contributed by atoms with Crippen molar-refractivity contribution >= 4 is 50.1 Å². The summed E-state index contributed by atoms with van der Waals surface area (Å²) in [6, 6.07) is 2.48. The number of hydrogen-bond acceptors (Lipinski definition) is 2. The van der Waals surface area contributed by atoms with Crippen molar-refractivity contribution < 1.29 is 8.78 Å². The molecule has 21 heavy (non-hydrogen) atoms. The zero-order valence-corrected chi connectivity index (χ0v) is 15.7. The standard InChI is InChI=1S/C14H11BrClF2IN2/c1-6(2)5-9-12(19)13(16)21-14(20-9)7-3-4-8(17)11(18)10(7)15/h3-4,6H,5H2,1-2H3. The predicted molar refractivity (Wildman–Crippen MR) is 91.4 cm³/mol. The molecule has 0 aliphatic carbocycles. The van der Waals surface area contributed by atoms with Gasteiger partial charge in [0.05, 0.1) is 13.7 Å². The van der Waals surface area contributed by atoms with E-state index in [4.69, 9.17) is 11.6 Å². The summed E-state index contributed by atoms with van der Waals surface area (Å²) in [4.78, 5) is 8.62. The molecule has 2 aromatic rings. The fraction of sp³-hybridized carbons (Fsp3) is 0.286. The fourth-order valence-electron chi connectivity index (χ4n) is 1.80. The first kappa shape index (κ1) is 17.0. The summed E-state index contributed by atoms with van der Waals surface area (Å²) >= 11 is 11.3. The van der Waals surface area contributed by atoms with E-state index in [0.717, 1.165) is 21.8 Å². The Balaban J connectivity index is 2.60. The lowest BCUT2D eigenvalue weighted by Gasteiger charge is -2.11. The van der Waals surface area contributed by atoms with Gasteiger partial charge in [0.2, 0.25) is 0 Å². The van der Waals surface area contributed by atoms with Crippen molar-refractivity contribution in [2.75, 3.05) is 0 Å². The van der Waals surface area contributed by atoms with E-state index in [0.29, 0.717) is 16.6 Å². The minimum atomic E-state index is -0.962. The molecule has 0 fully saturated rings. The van der Waals surface area contributed by atoms with Crippen LogP contribution >= 0.6 is 50.1 Å². The van der Waals surface area contributed by atoms with Gasteiger partial charge in [-0.15, -0.1) is 0 Å². The molecule has 1 heterocycles. The molecule has 7 heteroatoms. The van der Waals surface area contributed by atoms with Crippen LogP contribution in [0.5, 0.6) is 0 Å². The maximum absolute atomic E-state index is 13.7. The Kier molecular flexibility index (Phi) is 5.54. The van der Waals surface area contributed by atoms with Crippen LogP contribution in [0.4, 0.5) is 8.78 Å². The molecule has 0 aliphatic rings. The van der Waals surface area contributed by atoms with Gasteiger partial charge in [-0.3, -0.25) is 0 Å². The number of benzene rings is 1. The molecule has 0 N–H and O–H groups in total. The van der Waals surface area contributed by atoms with Crippen LogP contribution < -0.4 is 0 Å². The molecule has 0 unspecified atom stereocenters. The van der Waals surface area contributed by atoms with E-state index in [1.165, 1.54) is 6.07 Å². The Hall–Kier alpha value is -0.340. The van der Waals surface area contributed by atoms with Crippen LogP contribution in [0.2, 0.25) is 5.15 Å². The third-order valence-electron chi connectivity index (χ3n) is 2.76. The highest BCUT2D eigenvalue weighted by molar-refractivity contribution is 14.1. The first-order valence-corrected chi connectivity index (χ1v) is 8.42. The summed E-state index contributed by atoms with van der Waals surface area (Å²) in [6.07, 6.45) is 0.731. The van der Waals surface area contributed by atoms with E-state index in [1.807, 2.05) is 0 Å². The molecule has 0 spiro atoms. The summed E-state index contributed by atoms with van der Waals surface area (Å²) in [5, 5.41) is 0.313. The molecule has 0 bridgehead atoms. The second-order valence-electron chi connectivity index (χ2n) is 4.92. The SMILES string of the molecule is CC(C)Cc1nc(-c2ccc(F)c(F)c2Br)nc(Cl)c1I. The summed E-state index contributed by atoms with van der Waals surface area (Å²) in [7, 11) is 0. The average Bonchev–Trinajstić information content (AvgIpc) is 2.41. The Morgan fingerprint density at radius 2 is 1.95 bits per heavy atom. The summed E-state index contributed by atoms with van der Waals surface area (Å²) < 4.78 is 27.6. The summed E-state index contributed by atoms with van der Waals surface area (Å²) in [5.41, 5.74) is 1.18. The van der Waals surface area contributed by atoms with Crippen molar-refractivity contribution in [3.05, 3.63) is 42.7 Å². The molecule has 0 saturated heterocycles. The Labute approximate surface area is 148 Å². The van der Waals surface area contributed by atoms with Crippen LogP contribution in [-0.4, -0.2) is 9.97 Å². The van der Waals surface area contributed by atoms with Gasteiger partial charge >= 0.3 is 0 Å². The predicted octanol–water partition coefficient (Wildman–Crippen LogP) is 5.64. The van der Waals surface area contributed by atoms with E-state index >= 15 is 0 Å². The minimum Gasteiger partial charge on any atom is -0.232 e. The van der Waals surface area contributed by atoms with Crippen LogP contribution in [0.1, 0.15) is 19.5 Å². The molecular formula is C14H11BrClF2IN2. The van der Waals surface area contributed by atoms with Gasteiger partial charge in [-0.25, -0.2) is 18.7 Å². The molecule has 2 nitrogen and oxygen atoms in total. The molecular weight excluding hydrogens is 476 g/mol. The third kappa shape index (κ3) is 3.71. The minimum absolute atomic E-state index is 0.00438. The number of aromatic nitrogens is 2. The van der Waals surface area contributed by atoms with Gasteiger partial charge in [0, 0.05) is 5.56 Å². The van der Waals surface area contributed by atoms with E-state index in [1.54, 1.807) is 0 Å². The third-order valence-corrected chi connectivity index (χ3v) is 5.26. The second-order valence-corrected chi connectivity index (χ2v) is 7.15. The fourth-order valence-corrected chi connectivity index (χ4v) is 2.95. The van der Waals surface area contributed by atoms with Gasteiger partial charge in [-0.2, -0.15) is 0 Å². The van der Waals surface area contributed by atoms with Crippen LogP contribution in [-0.2, 0) is 6.42 Å². The molecule has 0 radical (unpaired) electrons. The first-order valence-electron chi connectivity index (χ1n) is 6.17. The van der Waals surface area contributed by atoms with Gasteiger partial charge in [-0.05, 0) is 63.0 Å². The van der Waals surface area contributed by atoms with Crippen molar-refractivity contribution in [3.8, 4) is 11.4 Å². The normalized spacial score (nSPS) is 11.2. The van der Waals surface area contributed by atoms with Crippen molar-refractivity contribution in [3.63, 3.8) is 0 Å². The Bertz CT molecular complexity index is 695. The number of rotatable bonds is 3. The quantitative estimate of drug-likeness (QED) is 0.318.